The molecule has 0 N–H and O–H groups in total. The highest BCUT2D eigenvalue weighted by atomic mass is 16.6. The number of benzene rings is 1. The van der Waals surface area contributed by atoms with Crippen molar-refractivity contribution in [1.82, 2.24) is 29.1 Å². The van der Waals surface area contributed by atoms with Crippen LogP contribution in [0.5, 0.6) is 0 Å². The van der Waals surface area contributed by atoms with Gasteiger partial charge < -0.3 is 9.64 Å². The molecule has 0 unspecified atom stereocenters. The minimum absolute atomic E-state index is 0.201. The molecule has 2 aliphatic rings. The van der Waals surface area contributed by atoms with Crippen molar-refractivity contribution in [2.45, 2.75) is 58.6 Å². The molecular weight excluding hydrogens is 584 g/mol. The van der Waals surface area contributed by atoms with Gasteiger partial charge in [0.2, 0.25) is 5.78 Å². The number of Topliss-reactive ketones (excluding diaryl/α,β-unsaturated/α-hetero) is 1. The molecule has 0 radical (unpaired) electrons. The third-order valence-corrected chi connectivity index (χ3v) is 8.05. The highest BCUT2D eigenvalue weighted by molar-refractivity contribution is 6.21. The van der Waals surface area contributed by atoms with Crippen LogP contribution in [0.1, 0.15) is 77.5 Å². The Bertz CT molecular complexity index is 1860. The van der Waals surface area contributed by atoms with Crippen LogP contribution in [0.2, 0.25) is 0 Å². The Kier molecular flexibility index (Phi) is 8.56. The van der Waals surface area contributed by atoms with E-state index in [1.165, 1.54) is 28.5 Å². The van der Waals surface area contributed by atoms with E-state index in [2.05, 4.69) is 26.8 Å². The van der Waals surface area contributed by atoms with Crippen molar-refractivity contribution in [2.75, 3.05) is 26.2 Å². The van der Waals surface area contributed by atoms with Crippen LogP contribution in [0.15, 0.2) is 55.1 Å². The van der Waals surface area contributed by atoms with Crippen molar-refractivity contribution in [2.24, 2.45) is 0 Å². The first-order valence-corrected chi connectivity index (χ1v) is 15.6. The lowest BCUT2D eigenvalue weighted by Gasteiger charge is -2.19. The van der Waals surface area contributed by atoms with Crippen LogP contribution in [0.25, 0.3) is 22.2 Å². The zero-order valence-corrected chi connectivity index (χ0v) is 26.3. The van der Waals surface area contributed by atoms with Crippen molar-refractivity contribution in [1.29, 1.82) is 0 Å². The second-order valence-corrected chi connectivity index (χ2v) is 12.6. The van der Waals surface area contributed by atoms with Crippen molar-refractivity contribution < 1.29 is 23.9 Å². The normalized spacial score (nSPS) is 14.9. The first kappa shape index (κ1) is 30.9. The summed E-state index contributed by atoms with van der Waals surface area (Å²) in [5.74, 6) is 4.43. The van der Waals surface area contributed by atoms with E-state index >= 15 is 0 Å². The number of hydrogen-bond donors (Lipinski definition) is 0. The number of likely N-dealkylation sites (tertiary alicyclic amines) is 1. The second-order valence-electron chi connectivity index (χ2n) is 12.6. The molecule has 2 aliphatic heterocycles. The summed E-state index contributed by atoms with van der Waals surface area (Å²) in [5, 5.41) is 4.99. The Morgan fingerprint density at radius 2 is 1.65 bits per heavy atom. The largest absolute Gasteiger partial charge is 0.443 e. The van der Waals surface area contributed by atoms with Crippen molar-refractivity contribution in [3.8, 4) is 23.0 Å². The van der Waals surface area contributed by atoms with Gasteiger partial charge in [-0.1, -0.05) is 18.1 Å². The minimum atomic E-state index is -0.749. The Hall–Kier alpha value is -5.08. The number of aromatic nitrogens is 4. The highest BCUT2D eigenvalue weighted by Gasteiger charge is 2.34. The fourth-order valence-corrected chi connectivity index (χ4v) is 5.76. The standard InChI is InChI=1S/C35H36N6O5/c1-35(2,3)46-34(45)41-23-29(30(42)13-5-4-8-16-40-32(43)26-11-6-7-12-27(26)33(40)44)28-19-24(20-36-31(28)41)25-21-37-39(22-25)18-17-38-14-9-10-15-38/h6-7,11-12,19-23H,4,8-10,14-18H2,1-3H3. The predicted octanol–water partition coefficient (Wildman–Crippen LogP) is 5.04. The smallest absolute Gasteiger partial charge is 0.420 e. The molecule has 4 aromatic rings. The number of pyridine rings is 1. The fraction of sp³-hybridized carbons (Fsp3) is 0.371. The monoisotopic (exact) mass is 620 g/mol. The van der Waals surface area contributed by atoms with Gasteiger partial charge in [-0.05, 0) is 77.2 Å². The summed E-state index contributed by atoms with van der Waals surface area (Å²) >= 11 is 0. The quantitative estimate of drug-likeness (QED) is 0.0884. The van der Waals surface area contributed by atoms with Gasteiger partial charge in [0.15, 0.2) is 0 Å². The van der Waals surface area contributed by atoms with E-state index in [4.69, 9.17) is 4.74 Å². The van der Waals surface area contributed by atoms with Gasteiger partial charge in [0.25, 0.3) is 11.8 Å². The maximum Gasteiger partial charge on any atom is 0.420 e. The van der Waals surface area contributed by atoms with E-state index in [0.29, 0.717) is 29.4 Å². The first-order chi connectivity index (χ1) is 22.1. The molecule has 1 aromatic carbocycles. The molecular formula is C35H36N6O5. The summed E-state index contributed by atoms with van der Waals surface area (Å²) in [6, 6.07) is 8.56. The van der Waals surface area contributed by atoms with Gasteiger partial charge in [0.1, 0.15) is 11.2 Å². The van der Waals surface area contributed by atoms with Crippen molar-refractivity contribution in [3.05, 3.63) is 71.8 Å². The number of amides is 2. The van der Waals surface area contributed by atoms with Crippen LogP contribution in [-0.4, -0.2) is 84.6 Å². The van der Waals surface area contributed by atoms with Gasteiger partial charge in [-0.3, -0.25) is 24.0 Å². The summed E-state index contributed by atoms with van der Waals surface area (Å²) in [7, 11) is 0. The number of nitrogens with zero attached hydrogens (tertiary/aromatic N) is 6. The van der Waals surface area contributed by atoms with E-state index in [1.807, 2.05) is 16.9 Å². The van der Waals surface area contributed by atoms with Gasteiger partial charge in [-0.2, -0.15) is 5.10 Å². The Balaban J connectivity index is 1.20. The Morgan fingerprint density at radius 1 is 0.935 bits per heavy atom. The number of carbonyl (C=O) groups excluding carboxylic acids is 4. The van der Waals surface area contributed by atoms with Crippen LogP contribution >= 0.6 is 0 Å². The maximum absolute atomic E-state index is 13.4. The Morgan fingerprint density at radius 3 is 2.35 bits per heavy atom. The maximum atomic E-state index is 13.4. The molecule has 5 heterocycles. The zero-order valence-electron chi connectivity index (χ0n) is 26.3. The lowest BCUT2D eigenvalue weighted by Crippen LogP contribution is -2.30. The fourth-order valence-electron chi connectivity index (χ4n) is 5.76. The third kappa shape index (κ3) is 6.48. The lowest BCUT2D eigenvalue weighted by molar-refractivity contribution is 0.0542. The molecule has 2 amide bonds. The molecule has 0 atom stereocenters. The summed E-state index contributed by atoms with van der Waals surface area (Å²) in [6.07, 6.45) is 9.34. The molecule has 3 aromatic heterocycles. The summed E-state index contributed by atoms with van der Waals surface area (Å²) in [5.41, 5.74) is 2.17. The summed E-state index contributed by atoms with van der Waals surface area (Å²) in [6.45, 7) is 9.45. The average molecular weight is 621 g/mol. The SMILES string of the molecule is CC(C)(C)OC(=O)n1cc(C(=O)C#CCCCN2C(=O)c3ccccc3C2=O)c2cc(-c3cnn(CCN4CCCC4)c3)cnc21. The van der Waals surface area contributed by atoms with Crippen LogP contribution in [-0.2, 0) is 11.3 Å². The number of rotatable bonds is 8. The van der Waals surface area contributed by atoms with E-state index in [-0.39, 0.29) is 29.6 Å². The molecule has 11 nitrogen and oxygen atoms in total. The average Bonchev–Trinajstić information content (AvgIpc) is 3.83. The Labute approximate surface area is 267 Å². The molecule has 0 aliphatic carbocycles. The molecule has 236 valence electrons. The van der Waals surface area contributed by atoms with Crippen LogP contribution in [0.4, 0.5) is 4.79 Å². The highest BCUT2D eigenvalue weighted by Crippen LogP contribution is 2.28. The molecule has 0 spiro atoms. The van der Waals surface area contributed by atoms with E-state index < -0.39 is 17.5 Å². The van der Waals surface area contributed by atoms with E-state index in [1.54, 1.807) is 57.4 Å². The summed E-state index contributed by atoms with van der Waals surface area (Å²) in [4.78, 5) is 59.9. The van der Waals surface area contributed by atoms with Gasteiger partial charge >= 0.3 is 6.09 Å². The van der Waals surface area contributed by atoms with E-state index in [0.717, 1.165) is 37.3 Å². The number of ether oxygens (including phenoxy) is 1. The van der Waals surface area contributed by atoms with Crippen molar-refractivity contribution >= 4 is 34.7 Å². The predicted molar refractivity (Wildman–Crippen MR) is 171 cm³/mol. The van der Waals surface area contributed by atoms with Crippen LogP contribution in [0, 0.1) is 11.8 Å². The lowest BCUT2D eigenvalue weighted by atomic mass is 10.1. The van der Waals surface area contributed by atoms with Crippen LogP contribution < -0.4 is 0 Å². The molecule has 1 fully saturated rings. The third-order valence-electron chi connectivity index (χ3n) is 8.05. The minimum Gasteiger partial charge on any atom is -0.443 e. The molecule has 46 heavy (non-hydrogen) atoms. The topological polar surface area (TPSA) is 120 Å². The van der Waals surface area contributed by atoms with Crippen LogP contribution in [0.3, 0.4) is 0 Å². The first-order valence-electron chi connectivity index (χ1n) is 15.6. The van der Waals surface area contributed by atoms with Gasteiger partial charge in [-0.15, -0.1) is 0 Å². The molecule has 6 rings (SSSR count). The zero-order chi connectivity index (χ0) is 32.4. The molecule has 11 heteroatoms. The number of hydrogen-bond acceptors (Lipinski definition) is 8. The number of imide groups is 1. The van der Waals surface area contributed by atoms with Gasteiger partial charge in [-0.25, -0.2) is 14.3 Å². The molecule has 0 bridgehead atoms. The van der Waals surface area contributed by atoms with Gasteiger partial charge in [0, 0.05) is 54.6 Å². The van der Waals surface area contributed by atoms with Crippen molar-refractivity contribution in [3.63, 3.8) is 0 Å². The molecule has 1 saturated heterocycles. The van der Waals surface area contributed by atoms with E-state index in [9.17, 15) is 19.2 Å². The number of unbranched alkanes of at least 4 members (excludes halogenated alkanes) is 1. The van der Waals surface area contributed by atoms with Gasteiger partial charge in [0.05, 0.1) is 29.4 Å². The number of ketones is 1. The summed E-state index contributed by atoms with van der Waals surface area (Å²) < 4.78 is 8.72. The second kappa shape index (κ2) is 12.7. The number of carbonyl (C=O) groups is 4. The molecule has 0 saturated carbocycles. The number of fused-ring (bicyclic) bond motifs is 2.